The Morgan fingerprint density at radius 3 is 2.29 bits per heavy atom. The number of imidazole rings is 1. The number of nitrogens with zero attached hydrogens (tertiary/aromatic N) is 1. The van der Waals surface area contributed by atoms with Gasteiger partial charge in [-0.2, -0.15) is 0 Å². The quantitative estimate of drug-likeness (QED) is 0.283. The van der Waals surface area contributed by atoms with Gasteiger partial charge in [0.25, 0.3) is 5.91 Å². The van der Waals surface area contributed by atoms with Crippen molar-refractivity contribution in [1.82, 2.24) is 20.6 Å². The topological polar surface area (TPSA) is 122 Å². The first-order valence-electron chi connectivity index (χ1n) is 11.0. The number of anilines is 2. The van der Waals surface area contributed by atoms with Crippen LogP contribution in [0.4, 0.5) is 20.2 Å². The van der Waals surface area contributed by atoms with Crippen molar-refractivity contribution in [3.05, 3.63) is 88.7 Å². The van der Waals surface area contributed by atoms with Crippen LogP contribution in [0.25, 0.3) is 22.5 Å². The molecule has 180 valence electrons. The monoisotopic (exact) mass is 476 g/mol. The zero-order valence-corrected chi connectivity index (χ0v) is 19.4. The van der Waals surface area contributed by atoms with Crippen LogP contribution >= 0.6 is 0 Å². The van der Waals surface area contributed by atoms with Gasteiger partial charge in [0.1, 0.15) is 17.5 Å². The van der Waals surface area contributed by atoms with Crippen LogP contribution in [0.15, 0.2) is 54.6 Å². The van der Waals surface area contributed by atoms with Gasteiger partial charge in [0.05, 0.1) is 11.3 Å². The maximum atomic E-state index is 14.5. The highest BCUT2D eigenvalue weighted by atomic mass is 19.1. The Morgan fingerprint density at radius 2 is 1.63 bits per heavy atom. The van der Waals surface area contributed by atoms with Crippen LogP contribution < -0.4 is 22.1 Å². The number of hydrogen-bond acceptors (Lipinski definition) is 5. The molecule has 9 heteroatoms. The summed E-state index contributed by atoms with van der Waals surface area (Å²) in [7, 11) is 1.86. The Kier molecular flexibility index (Phi) is 6.79. The number of carbonyl (C=O) groups is 1. The minimum atomic E-state index is -0.408. The van der Waals surface area contributed by atoms with Gasteiger partial charge in [0.15, 0.2) is 0 Å². The summed E-state index contributed by atoms with van der Waals surface area (Å²) in [5.41, 5.74) is 16.8. The summed E-state index contributed by atoms with van der Waals surface area (Å²) in [6.45, 7) is 2.93. The second-order valence-corrected chi connectivity index (χ2v) is 8.18. The molecule has 0 saturated carbocycles. The minimum absolute atomic E-state index is 0.179. The summed E-state index contributed by atoms with van der Waals surface area (Å²) in [5, 5.41) is 5.92. The molecule has 1 aliphatic rings. The van der Waals surface area contributed by atoms with Crippen molar-refractivity contribution >= 4 is 17.3 Å². The van der Waals surface area contributed by atoms with Gasteiger partial charge < -0.3 is 27.1 Å². The van der Waals surface area contributed by atoms with E-state index in [4.69, 9.17) is 11.5 Å². The van der Waals surface area contributed by atoms with Gasteiger partial charge in [-0.15, -0.1) is 0 Å². The van der Waals surface area contributed by atoms with Crippen LogP contribution in [-0.2, 0) is 13.1 Å². The van der Waals surface area contributed by atoms with Crippen molar-refractivity contribution in [2.75, 3.05) is 18.5 Å². The number of aromatic amines is 1. The van der Waals surface area contributed by atoms with Crippen LogP contribution in [0.2, 0.25) is 0 Å². The van der Waals surface area contributed by atoms with Gasteiger partial charge >= 0.3 is 0 Å². The van der Waals surface area contributed by atoms with E-state index in [2.05, 4.69) is 20.6 Å². The molecule has 0 unspecified atom stereocenters. The summed E-state index contributed by atoms with van der Waals surface area (Å²) in [4.78, 5) is 20.4. The Bertz CT molecular complexity index is 1360. The maximum Gasteiger partial charge on any atom is 0.252 e. The van der Waals surface area contributed by atoms with Crippen molar-refractivity contribution < 1.29 is 13.6 Å². The summed E-state index contributed by atoms with van der Waals surface area (Å²) in [6, 6.07) is 13.9. The normalized spacial score (nSPS) is 12.1. The van der Waals surface area contributed by atoms with Gasteiger partial charge in [0.2, 0.25) is 0 Å². The summed E-state index contributed by atoms with van der Waals surface area (Å²) >= 11 is 0. The fourth-order valence-electron chi connectivity index (χ4n) is 3.97. The fourth-order valence-corrected chi connectivity index (χ4v) is 3.97. The first-order valence-corrected chi connectivity index (χ1v) is 11.0. The zero-order chi connectivity index (χ0) is 25.1. The second-order valence-electron chi connectivity index (χ2n) is 8.18. The lowest BCUT2D eigenvalue weighted by Crippen LogP contribution is -2.13. The molecule has 1 aliphatic heterocycles. The molecule has 0 atom stereocenters. The molecule has 7 N–H and O–H groups in total. The van der Waals surface area contributed by atoms with Crippen LogP contribution in [0.1, 0.15) is 27.3 Å². The van der Waals surface area contributed by atoms with E-state index < -0.39 is 5.82 Å². The van der Waals surface area contributed by atoms with Gasteiger partial charge in [-0.25, -0.2) is 13.8 Å². The molecule has 0 bridgehead atoms. The highest BCUT2D eigenvalue weighted by Crippen LogP contribution is 2.36. The predicted octanol–water partition coefficient (Wildman–Crippen LogP) is 4.14. The van der Waals surface area contributed by atoms with Crippen LogP contribution in [-0.4, -0.2) is 22.9 Å². The lowest BCUT2D eigenvalue weighted by atomic mass is 9.92. The standard InChI is InChI=1S/C20H20FN5O.C6H6FN/c1-10-17(9-23-2)26-19(25-10)14-6-5-12(15-8-24-20(27)18(14)15)13-4-3-11(22)7-16(13)21;7-5-1-3-6(8)4-2-5/h3-7,23H,8-9,22H2,1-2H3,(H,24,27)(H,25,26);1-4H,8H2. The lowest BCUT2D eigenvalue weighted by Gasteiger charge is -2.11. The Labute approximate surface area is 201 Å². The highest BCUT2D eigenvalue weighted by Gasteiger charge is 2.28. The third-order valence-electron chi connectivity index (χ3n) is 5.70. The van der Waals surface area contributed by atoms with Crippen molar-refractivity contribution in [3.63, 3.8) is 0 Å². The van der Waals surface area contributed by atoms with Crippen molar-refractivity contribution in [2.45, 2.75) is 20.0 Å². The third kappa shape index (κ3) is 4.99. The smallest absolute Gasteiger partial charge is 0.252 e. The molecule has 0 saturated heterocycles. The van der Waals surface area contributed by atoms with E-state index in [-0.39, 0.29) is 11.7 Å². The third-order valence-corrected chi connectivity index (χ3v) is 5.70. The first-order chi connectivity index (χ1) is 16.8. The van der Waals surface area contributed by atoms with E-state index in [1.165, 1.54) is 30.3 Å². The number of H-pyrrole nitrogens is 1. The largest absolute Gasteiger partial charge is 0.399 e. The Balaban J connectivity index is 0.000000308. The molecule has 3 aromatic carbocycles. The maximum absolute atomic E-state index is 14.5. The number of aryl methyl sites for hydroxylation is 1. The number of nitrogens with one attached hydrogen (secondary N) is 3. The van der Waals surface area contributed by atoms with E-state index in [0.29, 0.717) is 52.5 Å². The molecule has 0 fully saturated rings. The van der Waals surface area contributed by atoms with E-state index in [9.17, 15) is 13.6 Å². The number of nitrogens with two attached hydrogens (primary N) is 2. The number of carbonyl (C=O) groups excluding carboxylic acids is 1. The number of aromatic nitrogens is 2. The van der Waals surface area contributed by atoms with E-state index in [1.807, 2.05) is 26.1 Å². The van der Waals surface area contributed by atoms with Crippen molar-refractivity contribution in [2.24, 2.45) is 0 Å². The van der Waals surface area contributed by atoms with E-state index >= 15 is 0 Å². The molecular weight excluding hydrogens is 450 g/mol. The lowest BCUT2D eigenvalue weighted by molar-refractivity contribution is 0.0966. The zero-order valence-electron chi connectivity index (χ0n) is 19.4. The molecule has 7 nitrogen and oxygen atoms in total. The number of halogens is 2. The van der Waals surface area contributed by atoms with Crippen molar-refractivity contribution in [3.8, 4) is 22.5 Å². The Morgan fingerprint density at radius 1 is 0.971 bits per heavy atom. The first kappa shape index (κ1) is 23.9. The van der Waals surface area contributed by atoms with Crippen LogP contribution in [0.3, 0.4) is 0 Å². The van der Waals surface area contributed by atoms with E-state index in [1.54, 1.807) is 12.1 Å². The summed E-state index contributed by atoms with van der Waals surface area (Å²) < 4.78 is 26.5. The fraction of sp³-hybridized carbons (Fsp3) is 0.154. The van der Waals surface area contributed by atoms with Gasteiger partial charge in [-0.05, 0) is 73.6 Å². The molecule has 1 aromatic heterocycles. The predicted molar refractivity (Wildman–Crippen MR) is 133 cm³/mol. The molecule has 35 heavy (non-hydrogen) atoms. The number of amides is 1. The number of nitrogen functional groups attached to an aromatic ring is 2. The number of fused-ring (bicyclic) bond motifs is 1. The van der Waals surface area contributed by atoms with E-state index in [0.717, 1.165) is 17.0 Å². The molecule has 4 aromatic rings. The molecule has 0 radical (unpaired) electrons. The SMILES string of the molecule is CNCc1nc(-c2ccc(-c3ccc(N)cc3F)c3c2C(=O)NC3)[nH]c1C.Nc1ccc(F)cc1. The van der Waals surface area contributed by atoms with Crippen molar-refractivity contribution in [1.29, 1.82) is 0 Å². The number of rotatable bonds is 4. The molecule has 2 heterocycles. The molecule has 1 amide bonds. The van der Waals surface area contributed by atoms with Gasteiger partial charge in [0, 0.05) is 41.3 Å². The molecule has 0 spiro atoms. The van der Waals surface area contributed by atoms with Crippen LogP contribution in [0, 0.1) is 18.6 Å². The average Bonchev–Trinajstić information content (AvgIpc) is 3.39. The number of hydrogen-bond donors (Lipinski definition) is 5. The number of benzene rings is 3. The highest BCUT2D eigenvalue weighted by molar-refractivity contribution is 6.06. The van der Waals surface area contributed by atoms with Crippen LogP contribution in [0.5, 0.6) is 0 Å². The summed E-state index contributed by atoms with van der Waals surface area (Å²) in [5.74, 6) is -0.203. The van der Waals surface area contributed by atoms with Gasteiger partial charge in [-0.3, -0.25) is 4.79 Å². The molecule has 0 aliphatic carbocycles. The molecular formula is C26H26F2N6O. The second kappa shape index (κ2) is 9.94. The van der Waals surface area contributed by atoms with Gasteiger partial charge in [-0.1, -0.05) is 6.07 Å². The minimum Gasteiger partial charge on any atom is -0.399 e. The summed E-state index contributed by atoms with van der Waals surface area (Å²) in [6.07, 6.45) is 0. The Hall–Kier alpha value is -4.24. The average molecular weight is 477 g/mol. The molecule has 5 rings (SSSR count).